The smallest absolute Gasteiger partial charge is 0.229 e. The number of alkyl halides is 1. The SMILES string of the molecule is C[SiH](C)Oc1cccc(CCl)c1C(C)(C)C. The summed E-state index contributed by atoms with van der Waals surface area (Å²) in [6, 6.07) is 6.17. The predicted molar refractivity (Wildman–Crippen MR) is 74.2 cm³/mol. The molecule has 0 aliphatic rings. The van der Waals surface area contributed by atoms with Gasteiger partial charge in [-0.25, -0.2) is 0 Å². The quantitative estimate of drug-likeness (QED) is 0.585. The maximum absolute atomic E-state index is 6.00. The van der Waals surface area contributed by atoms with Gasteiger partial charge in [0.05, 0.1) is 0 Å². The van der Waals surface area contributed by atoms with Crippen molar-refractivity contribution in [3.63, 3.8) is 0 Å². The van der Waals surface area contributed by atoms with Gasteiger partial charge < -0.3 is 4.43 Å². The van der Waals surface area contributed by atoms with Crippen LogP contribution in [0.25, 0.3) is 0 Å². The van der Waals surface area contributed by atoms with E-state index in [1.54, 1.807) is 0 Å². The van der Waals surface area contributed by atoms with Gasteiger partial charge in [-0.3, -0.25) is 0 Å². The van der Waals surface area contributed by atoms with Crippen molar-refractivity contribution in [3.05, 3.63) is 29.3 Å². The summed E-state index contributed by atoms with van der Waals surface area (Å²) in [5.41, 5.74) is 2.51. The molecule has 90 valence electrons. The first kappa shape index (κ1) is 13.6. The van der Waals surface area contributed by atoms with Crippen LogP contribution in [0.5, 0.6) is 5.75 Å². The molecule has 0 aliphatic heterocycles. The molecule has 0 saturated heterocycles. The van der Waals surface area contributed by atoms with Gasteiger partial charge in [-0.05, 0) is 30.1 Å². The number of hydrogen-bond acceptors (Lipinski definition) is 1. The number of benzene rings is 1. The van der Waals surface area contributed by atoms with E-state index in [4.69, 9.17) is 16.0 Å². The Hall–Kier alpha value is -0.473. The average molecular weight is 257 g/mol. The topological polar surface area (TPSA) is 9.23 Å². The second-order valence-electron chi connectivity index (χ2n) is 5.34. The van der Waals surface area contributed by atoms with E-state index in [2.05, 4.69) is 46.0 Å². The van der Waals surface area contributed by atoms with Gasteiger partial charge in [0.15, 0.2) is 0 Å². The Bertz CT molecular complexity index is 355. The van der Waals surface area contributed by atoms with E-state index >= 15 is 0 Å². The maximum Gasteiger partial charge on any atom is 0.229 e. The van der Waals surface area contributed by atoms with Gasteiger partial charge in [-0.2, -0.15) is 0 Å². The first-order valence-corrected chi connectivity index (χ1v) is 9.02. The minimum Gasteiger partial charge on any atom is -0.547 e. The highest BCUT2D eigenvalue weighted by Crippen LogP contribution is 2.35. The lowest BCUT2D eigenvalue weighted by Crippen LogP contribution is -2.19. The Balaban J connectivity index is 3.26. The first-order chi connectivity index (χ1) is 7.36. The molecule has 0 unspecified atom stereocenters. The van der Waals surface area contributed by atoms with Crippen LogP contribution in [-0.2, 0) is 11.3 Å². The van der Waals surface area contributed by atoms with Crippen molar-refractivity contribution in [2.24, 2.45) is 0 Å². The van der Waals surface area contributed by atoms with Crippen molar-refractivity contribution in [2.75, 3.05) is 0 Å². The highest BCUT2D eigenvalue weighted by atomic mass is 35.5. The zero-order valence-electron chi connectivity index (χ0n) is 10.8. The molecule has 1 aromatic rings. The van der Waals surface area contributed by atoms with Gasteiger partial charge in [-0.15, -0.1) is 11.6 Å². The number of rotatable bonds is 3. The lowest BCUT2D eigenvalue weighted by molar-refractivity contribution is 0.517. The Morgan fingerprint density at radius 2 is 1.88 bits per heavy atom. The summed E-state index contributed by atoms with van der Waals surface area (Å²) >= 11 is 6.00. The van der Waals surface area contributed by atoms with E-state index in [1.807, 2.05) is 6.07 Å². The normalized spacial score (nSPS) is 11.9. The predicted octanol–water partition coefficient (Wildman–Crippen LogP) is 4.09. The van der Waals surface area contributed by atoms with Crippen molar-refractivity contribution in [1.29, 1.82) is 0 Å². The summed E-state index contributed by atoms with van der Waals surface area (Å²) in [6.07, 6.45) is 0. The molecule has 1 aromatic carbocycles. The summed E-state index contributed by atoms with van der Waals surface area (Å²) < 4.78 is 5.99. The lowest BCUT2D eigenvalue weighted by atomic mass is 9.83. The Kier molecular flexibility index (Phi) is 4.45. The fraction of sp³-hybridized carbons (Fsp3) is 0.538. The molecule has 0 N–H and O–H groups in total. The van der Waals surface area contributed by atoms with Crippen molar-refractivity contribution in [2.45, 2.75) is 45.2 Å². The molecule has 3 heteroatoms. The monoisotopic (exact) mass is 256 g/mol. The third-order valence-corrected chi connectivity index (χ3v) is 3.38. The average Bonchev–Trinajstić information content (AvgIpc) is 2.14. The van der Waals surface area contributed by atoms with Crippen LogP contribution in [0.2, 0.25) is 13.1 Å². The van der Waals surface area contributed by atoms with Gasteiger partial charge in [0.2, 0.25) is 9.04 Å². The molecule has 0 aromatic heterocycles. The minimum atomic E-state index is -1.07. The summed E-state index contributed by atoms with van der Waals surface area (Å²) in [7, 11) is -1.07. The highest BCUT2D eigenvalue weighted by molar-refractivity contribution is 6.49. The van der Waals surface area contributed by atoms with Crippen LogP contribution < -0.4 is 4.43 Å². The number of hydrogen-bond donors (Lipinski definition) is 0. The fourth-order valence-electron chi connectivity index (χ4n) is 1.89. The van der Waals surface area contributed by atoms with E-state index < -0.39 is 9.04 Å². The fourth-order valence-corrected chi connectivity index (χ4v) is 2.82. The van der Waals surface area contributed by atoms with Crippen LogP contribution in [-0.4, -0.2) is 9.04 Å². The van der Waals surface area contributed by atoms with Crippen molar-refractivity contribution in [1.82, 2.24) is 0 Å². The molecular weight excluding hydrogens is 236 g/mol. The van der Waals surface area contributed by atoms with E-state index in [0.717, 1.165) is 5.75 Å². The van der Waals surface area contributed by atoms with Crippen LogP contribution in [0.15, 0.2) is 18.2 Å². The van der Waals surface area contributed by atoms with E-state index in [0.29, 0.717) is 5.88 Å². The zero-order chi connectivity index (χ0) is 12.3. The van der Waals surface area contributed by atoms with Crippen LogP contribution >= 0.6 is 11.6 Å². The number of halogens is 1. The Morgan fingerprint density at radius 3 is 2.31 bits per heavy atom. The molecule has 0 aliphatic carbocycles. The second kappa shape index (κ2) is 5.24. The lowest BCUT2D eigenvalue weighted by Gasteiger charge is -2.26. The molecule has 0 atom stereocenters. The van der Waals surface area contributed by atoms with Gasteiger partial charge in [0, 0.05) is 11.4 Å². The first-order valence-electron chi connectivity index (χ1n) is 5.71. The van der Waals surface area contributed by atoms with Gasteiger partial charge >= 0.3 is 0 Å². The van der Waals surface area contributed by atoms with Crippen molar-refractivity contribution >= 4 is 20.6 Å². The van der Waals surface area contributed by atoms with E-state index in [1.165, 1.54) is 11.1 Å². The Labute approximate surface area is 106 Å². The molecule has 1 rings (SSSR count). The summed E-state index contributed by atoms with van der Waals surface area (Å²) in [6.45, 7) is 11.0. The molecule has 0 bridgehead atoms. The molecule has 0 spiro atoms. The molecule has 0 heterocycles. The third-order valence-electron chi connectivity index (χ3n) is 2.37. The second-order valence-corrected chi connectivity index (χ2v) is 7.94. The minimum absolute atomic E-state index is 0.0735. The van der Waals surface area contributed by atoms with Gasteiger partial charge in [-0.1, -0.05) is 32.9 Å². The Morgan fingerprint density at radius 1 is 1.25 bits per heavy atom. The van der Waals surface area contributed by atoms with Crippen molar-refractivity contribution < 1.29 is 4.43 Å². The van der Waals surface area contributed by atoms with Crippen LogP contribution in [0.4, 0.5) is 0 Å². The van der Waals surface area contributed by atoms with Crippen LogP contribution in [0.3, 0.4) is 0 Å². The maximum atomic E-state index is 6.00. The van der Waals surface area contributed by atoms with Crippen molar-refractivity contribution in [3.8, 4) is 5.75 Å². The largest absolute Gasteiger partial charge is 0.547 e. The van der Waals surface area contributed by atoms with E-state index in [-0.39, 0.29) is 5.41 Å². The molecule has 0 saturated carbocycles. The summed E-state index contributed by atoms with van der Waals surface area (Å²) in [4.78, 5) is 0. The third kappa shape index (κ3) is 3.26. The summed E-state index contributed by atoms with van der Waals surface area (Å²) in [5, 5.41) is 0. The molecule has 16 heavy (non-hydrogen) atoms. The van der Waals surface area contributed by atoms with E-state index in [9.17, 15) is 0 Å². The van der Waals surface area contributed by atoms with Gasteiger partial charge in [0.1, 0.15) is 5.75 Å². The standard InChI is InChI=1S/C13H21ClOSi/c1-13(2,3)12-10(9-14)7-6-8-11(12)15-16(4)5/h6-8,16H,9H2,1-5H3. The summed E-state index contributed by atoms with van der Waals surface area (Å²) in [5.74, 6) is 1.57. The zero-order valence-corrected chi connectivity index (χ0v) is 12.7. The van der Waals surface area contributed by atoms with Crippen LogP contribution in [0.1, 0.15) is 31.9 Å². The van der Waals surface area contributed by atoms with Crippen LogP contribution in [0, 0.1) is 0 Å². The molecule has 1 nitrogen and oxygen atoms in total. The van der Waals surface area contributed by atoms with Gasteiger partial charge in [0.25, 0.3) is 0 Å². The molecule has 0 fully saturated rings. The molecular formula is C13H21ClOSi. The molecule has 0 radical (unpaired) electrons. The molecule has 0 amide bonds. The highest BCUT2D eigenvalue weighted by Gasteiger charge is 2.22.